The Morgan fingerprint density at radius 2 is 1.60 bits per heavy atom. The van der Waals surface area contributed by atoms with E-state index in [0.29, 0.717) is 45.0 Å². The Labute approximate surface area is 210 Å². The summed E-state index contributed by atoms with van der Waals surface area (Å²) in [7, 11) is 0. The molecule has 1 aliphatic heterocycles. The van der Waals surface area contributed by atoms with Crippen LogP contribution >= 0.6 is 0 Å². The van der Waals surface area contributed by atoms with E-state index in [9.17, 15) is 14.4 Å². The summed E-state index contributed by atoms with van der Waals surface area (Å²) in [6, 6.07) is 8.12. The molecule has 3 amide bonds. The monoisotopic (exact) mass is 489 g/mol. The third kappa shape index (κ3) is 11.0. The minimum Gasteiger partial charge on any atom is -0.494 e. The molecule has 0 radical (unpaired) electrons. The predicted molar refractivity (Wildman–Crippen MR) is 136 cm³/mol. The van der Waals surface area contributed by atoms with Crippen molar-refractivity contribution in [2.24, 2.45) is 5.92 Å². The Morgan fingerprint density at radius 3 is 2.17 bits per heavy atom. The number of nitrogens with zero attached hydrogens (tertiary/aromatic N) is 1. The Hall–Kier alpha value is -2.77. The molecule has 2 N–H and O–H groups in total. The lowest BCUT2D eigenvalue weighted by Gasteiger charge is -2.32. The second-order valence-corrected chi connectivity index (χ2v) is 11.2. The molecule has 1 aromatic carbocycles. The van der Waals surface area contributed by atoms with E-state index < -0.39 is 11.7 Å². The van der Waals surface area contributed by atoms with E-state index >= 15 is 0 Å². The summed E-state index contributed by atoms with van der Waals surface area (Å²) in [5.41, 5.74) is 0.778. The lowest BCUT2D eigenvalue weighted by molar-refractivity contribution is -0.131. The molecule has 1 saturated heterocycles. The number of rotatable bonds is 9. The van der Waals surface area contributed by atoms with Crippen molar-refractivity contribution in [3.8, 4) is 5.75 Å². The van der Waals surface area contributed by atoms with Gasteiger partial charge in [-0.15, -0.1) is 0 Å². The van der Waals surface area contributed by atoms with Gasteiger partial charge < -0.3 is 25.0 Å². The number of ether oxygens (including phenoxy) is 2. The number of likely N-dealkylation sites (tertiary alicyclic amines) is 1. The van der Waals surface area contributed by atoms with Crippen molar-refractivity contribution in [1.82, 2.24) is 15.5 Å². The molecule has 0 unspecified atom stereocenters. The van der Waals surface area contributed by atoms with Crippen LogP contribution in [-0.4, -0.2) is 61.2 Å². The van der Waals surface area contributed by atoms with Crippen LogP contribution in [0, 0.1) is 5.92 Å². The summed E-state index contributed by atoms with van der Waals surface area (Å²) in [5, 5.41) is 5.52. The van der Waals surface area contributed by atoms with Crippen LogP contribution in [0.3, 0.4) is 0 Å². The van der Waals surface area contributed by atoms with E-state index in [-0.39, 0.29) is 23.8 Å². The minimum atomic E-state index is -0.596. The molecular formula is C27H43N3O5. The third-order valence-electron chi connectivity index (χ3n) is 5.88. The largest absolute Gasteiger partial charge is 0.494 e. The van der Waals surface area contributed by atoms with Crippen molar-refractivity contribution < 1.29 is 23.9 Å². The van der Waals surface area contributed by atoms with Crippen LogP contribution in [0.2, 0.25) is 0 Å². The van der Waals surface area contributed by atoms with Gasteiger partial charge in [-0.05, 0) is 69.1 Å². The van der Waals surface area contributed by atoms with Gasteiger partial charge in [-0.3, -0.25) is 9.59 Å². The molecular weight excluding hydrogens is 446 g/mol. The van der Waals surface area contributed by atoms with Crippen LogP contribution in [0.4, 0.5) is 4.79 Å². The highest BCUT2D eigenvalue weighted by atomic mass is 16.6. The number of carbonyl (C=O) groups is 3. The van der Waals surface area contributed by atoms with Crippen LogP contribution in [0.25, 0.3) is 0 Å². The topological polar surface area (TPSA) is 97.0 Å². The SMILES string of the molecule is CC(C)(C)OC(=O)NCC(=O)N1CCC(CNC(=O)CCCOc2ccc(C(C)(C)C)cc2)CC1. The molecule has 1 heterocycles. The fourth-order valence-corrected chi connectivity index (χ4v) is 3.78. The van der Waals surface area contributed by atoms with Gasteiger partial charge in [-0.1, -0.05) is 32.9 Å². The average molecular weight is 490 g/mol. The number of amides is 3. The first kappa shape index (κ1) is 28.5. The summed E-state index contributed by atoms with van der Waals surface area (Å²) < 4.78 is 10.9. The van der Waals surface area contributed by atoms with Gasteiger partial charge in [0, 0.05) is 26.1 Å². The number of piperidine rings is 1. The summed E-state index contributed by atoms with van der Waals surface area (Å²) in [6.45, 7) is 14.2. The molecule has 0 aromatic heterocycles. The van der Waals surface area contributed by atoms with E-state index in [1.165, 1.54) is 5.56 Å². The fraction of sp³-hybridized carbons (Fsp3) is 0.667. The van der Waals surface area contributed by atoms with Gasteiger partial charge in [0.2, 0.25) is 11.8 Å². The molecule has 0 bridgehead atoms. The summed E-state index contributed by atoms with van der Waals surface area (Å²) in [4.78, 5) is 38.0. The van der Waals surface area contributed by atoms with E-state index in [0.717, 1.165) is 18.6 Å². The van der Waals surface area contributed by atoms with Crippen LogP contribution < -0.4 is 15.4 Å². The first-order chi connectivity index (χ1) is 16.3. The summed E-state index contributed by atoms with van der Waals surface area (Å²) in [5.74, 6) is 1.07. The predicted octanol–water partition coefficient (Wildman–Crippen LogP) is 4.02. The standard InChI is InChI=1S/C27H43N3O5/c1-26(2,3)21-9-11-22(12-10-21)34-17-7-8-23(31)28-18-20-13-15-30(16-14-20)24(32)19-29-25(33)35-27(4,5)6/h9-12,20H,7-8,13-19H2,1-6H3,(H,28,31)(H,29,33). The number of nitrogens with one attached hydrogen (secondary N) is 2. The van der Waals surface area contributed by atoms with Crippen molar-refractivity contribution in [2.75, 3.05) is 32.8 Å². The minimum absolute atomic E-state index is 0.0248. The van der Waals surface area contributed by atoms with E-state index in [2.05, 4.69) is 43.5 Å². The first-order valence-corrected chi connectivity index (χ1v) is 12.6. The molecule has 196 valence electrons. The number of alkyl carbamates (subject to hydrolysis) is 1. The fourth-order valence-electron chi connectivity index (χ4n) is 3.78. The van der Waals surface area contributed by atoms with Crippen molar-refractivity contribution in [3.05, 3.63) is 29.8 Å². The highest BCUT2D eigenvalue weighted by molar-refractivity contribution is 5.82. The number of carbonyl (C=O) groups excluding carboxylic acids is 3. The van der Waals surface area contributed by atoms with Crippen molar-refractivity contribution in [3.63, 3.8) is 0 Å². The maximum absolute atomic E-state index is 12.3. The van der Waals surface area contributed by atoms with Crippen molar-refractivity contribution >= 4 is 17.9 Å². The lowest BCUT2D eigenvalue weighted by Crippen LogP contribution is -2.46. The van der Waals surface area contributed by atoms with Gasteiger partial charge in [0.05, 0.1) is 6.61 Å². The Bertz CT molecular complexity index is 832. The second-order valence-electron chi connectivity index (χ2n) is 11.2. The molecule has 0 aliphatic carbocycles. The smallest absolute Gasteiger partial charge is 0.408 e. The van der Waals surface area contributed by atoms with Crippen LogP contribution in [0.5, 0.6) is 5.75 Å². The van der Waals surface area contributed by atoms with Gasteiger partial charge >= 0.3 is 6.09 Å². The molecule has 1 aliphatic rings. The average Bonchev–Trinajstić information content (AvgIpc) is 2.78. The van der Waals surface area contributed by atoms with Gasteiger partial charge in [0.15, 0.2) is 0 Å². The zero-order valence-corrected chi connectivity index (χ0v) is 22.2. The first-order valence-electron chi connectivity index (χ1n) is 12.6. The number of hydrogen-bond donors (Lipinski definition) is 2. The van der Waals surface area contributed by atoms with Gasteiger partial charge in [0.1, 0.15) is 17.9 Å². The van der Waals surface area contributed by atoms with Crippen LogP contribution in [0.1, 0.15) is 72.8 Å². The Balaban J connectivity index is 1.56. The summed E-state index contributed by atoms with van der Waals surface area (Å²) in [6.07, 6.45) is 2.14. The molecule has 2 rings (SSSR count). The van der Waals surface area contributed by atoms with E-state index in [4.69, 9.17) is 9.47 Å². The number of hydrogen-bond acceptors (Lipinski definition) is 5. The molecule has 1 fully saturated rings. The van der Waals surface area contributed by atoms with Crippen LogP contribution in [-0.2, 0) is 19.7 Å². The van der Waals surface area contributed by atoms with Crippen molar-refractivity contribution in [1.29, 1.82) is 0 Å². The Kier molecular flexibility index (Phi) is 10.4. The lowest BCUT2D eigenvalue weighted by atomic mass is 9.87. The highest BCUT2D eigenvalue weighted by Crippen LogP contribution is 2.24. The molecule has 1 aromatic rings. The highest BCUT2D eigenvalue weighted by Gasteiger charge is 2.24. The zero-order chi connectivity index (χ0) is 26.1. The quantitative estimate of drug-likeness (QED) is 0.511. The van der Waals surface area contributed by atoms with E-state index in [1.807, 2.05) is 12.1 Å². The van der Waals surface area contributed by atoms with Crippen molar-refractivity contribution in [2.45, 2.75) is 78.2 Å². The summed E-state index contributed by atoms with van der Waals surface area (Å²) >= 11 is 0. The van der Waals surface area contributed by atoms with E-state index in [1.54, 1.807) is 25.7 Å². The second kappa shape index (κ2) is 12.8. The zero-order valence-electron chi connectivity index (χ0n) is 22.2. The van der Waals surface area contributed by atoms with Gasteiger partial charge in [-0.25, -0.2) is 4.79 Å². The molecule has 8 nitrogen and oxygen atoms in total. The van der Waals surface area contributed by atoms with Crippen LogP contribution in [0.15, 0.2) is 24.3 Å². The number of benzene rings is 1. The normalized spacial score (nSPS) is 14.9. The maximum atomic E-state index is 12.3. The molecule has 8 heteroatoms. The molecule has 0 spiro atoms. The molecule has 0 atom stereocenters. The van der Waals surface area contributed by atoms with Gasteiger partial charge in [-0.2, -0.15) is 0 Å². The molecule has 0 saturated carbocycles. The Morgan fingerprint density at radius 1 is 0.971 bits per heavy atom. The maximum Gasteiger partial charge on any atom is 0.408 e. The molecule has 35 heavy (non-hydrogen) atoms. The third-order valence-corrected chi connectivity index (χ3v) is 5.88. The van der Waals surface area contributed by atoms with Gasteiger partial charge in [0.25, 0.3) is 0 Å².